The molecule has 0 saturated heterocycles. The normalized spacial score (nSPS) is 11.6. The van der Waals surface area contributed by atoms with E-state index in [0.717, 1.165) is 18.7 Å². The molecule has 5 N–H and O–H groups in total. The summed E-state index contributed by atoms with van der Waals surface area (Å²) in [6.07, 6.45) is 2.47. The van der Waals surface area contributed by atoms with E-state index in [1.807, 2.05) is 14.1 Å². The van der Waals surface area contributed by atoms with E-state index in [4.69, 9.17) is 5.73 Å². The van der Waals surface area contributed by atoms with Crippen molar-refractivity contribution in [1.29, 1.82) is 0 Å². The summed E-state index contributed by atoms with van der Waals surface area (Å²) in [5.74, 6) is 0. The van der Waals surface area contributed by atoms with Crippen molar-refractivity contribution in [2.24, 2.45) is 5.73 Å². The van der Waals surface area contributed by atoms with Gasteiger partial charge in [0.15, 0.2) is 0 Å². The quantitative estimate of drug-likeness (QED) is 0.378. The fourth-order valence-corrected chi connectivity index (χ4v) is 0.608. The highest BCUT2D eigenvalue weighted by Crippen LogP contribution is 1.89. The SMILES string of the molecule is CNCC/C(=C/N)NNC. The van der Waals surface area contributed by atoms with Gasteiger partial charge >= 0.3 is 0 Å². The van der Waals surface area contributed by atoms with Crippen molar-refractivity contribution in [2.45, 2.75) is 6.42 Å². The molecule has 0 aromatic heterocycles. The second kappa shape index (κ2) is 6.38. The van der Waals surface area contributed by atoms with E-state index in [0.29, 0.717) is 0 Å². The maximum Gasteiger partial charge on any atom is 0.0428 e. The lowest BCUT2D eigenvalue weighted by molar-refractivity contribution is 0.637. The largest absolute Gasteiger partial charge is 0.403 e. The molecule has 10 heavy (non-hydrogen) atoms. The maximum absolute atomic E-state index is 5.31. The number of hydrazine groups is 1. The van der Waals surface area contributed by atoms with Crippen molar-refractivity contribution < 1.29 is 0 Å². The van der Waals surface area contributed by atoms with Crippen LogP contribution >= 0.6 is 0 Å². The molecule has 0 aromatic carbocycles. The molecule has 0 unspecified atom stereocenters. The summed E-state index contributed by atoms with van der Waals surface area (Å²) >= 11 is 0. The molecule has 0 rings (SSSR count). The number of hydrogen-bond donors (Lipinski definition) is 4. The first-order valence-corrected chi connectivity index (χ1v) is 3.33. The van der Waals surface area contributed by atoms with E-state index < -0.39 is 0 Å². The summed E-state index contributed by atoms with van der Waals surface area (Å²) in [6, 6.07) is 0. The molecule has 0 spiro atoms. The number of rotatable bonds is 5. The van der Waals surface area contributed by atoms with Crippen LogP contribution in [0.15, 0.2) is 11.9 Å². The minimum atomic E-state index is 0.911. The smallest absolute Gasteiger partial charge is 0.0428 e. The average Bonchev–Trinajstić information content (AvgIpc) is 1.98. The van der Waals surface area contributed by atoms with Gasteiger partial charge in [0, 0.05) is 31.9 Å². The van der Waals surface area contributed by atoms with Crippen molar-refractivity contribution in [3.63, 3.8) is 0 Å². The van der Waals surface area contributed by atoms with Gasteiger partial charge in [-0.15, -0.1) is 0 Å². The third-order valence-corrected chi connectivity index (χ3v) is 1.13. The van der Waals surface area contributed by atoms with Crippen LogP contribution < -0.4 is 21.9 Å². The van der Waals surface area contributed by atoms with Gasteiger partial charge < -0.3 is 16.5 Å². The third-order valence-electron chi connectivity index (χ3n) is 1.13. The third kappa shape index (κ3) is 4.17. The van der Waals surface area contributed by atoms with Crippen molar-refractivity contribution >= 4 is 0 Å². The monoisotopic (exact) mass is 144 g/mol. The van der Waals surface area contributed by atoms with Crippen molar-refractivity contribution in [2.75, 3.05) is 20.6 Å². The molecule has 60 valence electrons. The molecule has 0 aliphatic heterocycles. The molecule has 4 heteroatoms. The Morgan fingerprint density at radius 2 is 2.20 bits per heavy atom. The van der Waals surface area contributed by atoms with Crippen LogP contribution in [-0.4, -0.2) is 20.6 Å². The van der Waals surface area contributed by atoms with Crippen molar-refractivity contribution in [1.82, 2.24) is 16.2 Å². The summed E-state index contributed by atoms with van der Waals surface area (Å²) in [6.45, 7) is 0.928. The Bertz CT molecular complexity index is 99.9. The summed E-state index contributed by atoms with van der Waals surface area (Å²) in [4.78, 5) is 0. The van der Waals surface area contributed by atoms with Gasteiger partial charge in [0.2, 0.25) is 0 Å². The number of nitrogens with one attached hydrogen (secondary N) is 3. The Morgan fingerprint density at radius 3 is 2.60 bits per heavy atom. The van der Waals surface area contributed by atoms with Gasteiger partial charge in [0.05, 0.1) is 0 Å². The second-order valence-corrected chi connectivity index (χ2v) is 1.92. The molecular weight excluding hydrogens is 128 g/mol. The number of hydrogen-bond acceptors (Lipinski definition) is 4. The number of nitrogens with two attached hydrogens (primary N) is 1. The fraction of sp³-hybridized carbons (Fsp3) is 0.667. The Morgan fingerprint density at radius 1 is 1.50 bits per heavy atom. The van der Waals surface area contributed by atoms with E-state index in [1.54, 1.807) is 6.20 Å². The minimum absolute atomic E-state index is 0.911. The lowest BCUT2D eigenvalue weighted by Crippen LogP contribution is -2.29. The zero-order valence-electron chi connectivity index (χ0n) is 6.57. The highest BCUT2D eigenvalue weighted by Gasteiger charge is 1.90. The zero-order chi connectivity index (χ0) is 7.82. The Hall–Kier alpha value is -0.740. The molecule has 0 amide bonds. The molecule has 0 aliphatic carbocycles. The maximum atomic E-state index is 5.31. The summed E-state index contributed by atoms with van der Waals surface area (Å²) in [7, 11) is 3.72. The predicted octanol–water partition coefficient (Wildman–Crippen LogP) is -0.880. The van der Waals surface area contributed by atoms with Crippen LogP contribution in [0.4, 0.5) is 0 Å². The molecule has 0 saturated carbocycles. The molecule has 0 aromatic rings. The molecule has 0 bridgehead atoms. The van der Waals surface area contributed by atoms with E-state index in [9.17, 15) is 0 Å². The Balaban J connectivity index is 3.41. The van der Waals surface area contributed by atoms with E-state index >= 15 is 0 Å². The minimum Gasteiger partial charge on any atom is -0.403 e. The van der Waals surface area contributed by atoms with Gasteiger partial charge in [-0.2, -0.15) is 0 Å². The van der Waals surface area contributed by atoms with Gasteiger partial charge in [0.25, 0.3) is 0 Å². The van der Waals surface area contributed by atoms with Crippen molar-refractivity contribution in [3.05, 3.63) is 11.9 Å². The van der Waals surface area contributed by atoms with Gasteiger partial charge in [-0.25, -0.2) is 5.43 Å². The summed E-state index contributed by atoms with van der Waals surface area (Å²) < 4.78 is 0. The van der Waals surface area contributed by atoms with Crippen LogP contribution in [0.3, 0.4) is 0 Å². The molecule has 4 nitrogen and oxygen atoms in total. The van der Waals surface area contributed by atoms with Gasteiger partial charge in [-0.3, -0.25) is 0 Å². The highest BCUT2D eigenvalue weighted by molar-refractivity contribution is 4.95. The highest BCUT2D eigenvalue weighted by atomic mass is 15.3. The molecule has 0 fully saturated rings. The Labute approximate surface area is 61.8 Å². The van der Waals surface area contributed by atoms with E-state index in [1.165, 1.54) is 0 Å². The van der Waals surface area contributed by atoms with Gasteiger partial charge in [-0.1, -0.05) is 0 Å². The summed E-state index contributed by atoms with van der Waals surface area (Å²) in [5.41, 5.74) is 12.0. The van der Waals surface area contributed by atoms with E-state index in [2.05, 4.69) is 16.2 Å². The zero-order valence-corrected chi connectivity index (χ0v) is 6.57. The van der Waals surface area contributed by atoms with Crippen LogP contribution in [0.25, 0.3) is 0 Å². The van der Waals surface area contributed by atoms with Crippen LogP contribution in [0.5, 0.6) is 0 Å². The van der Waals surface area contributed by atoms with Crippen molar-refractivity contribution in [3.8, 4) is 0 Å². The lowest BCUT2D eigenvalue weighted by Gasteiger charge is -2.07. The van der Waals surface area contributed by atoms with Crippen LogP contribution in [0.1, 0.15) is 6.42 Å². The lowest BCUT2D eigenvalue weighted by atomic mass is 10.3. The van der Waals surface area contributed by atoms with Crippen LogP contribution in [0.2, 0.25) is 0 Å². The topological polar surface area (TPSA) is 62.1 Å². The fourth-order valence-electron chi connectivity index (χ4n) is 0.608. The summed E-state index contributed by atoms with van der Waals surface area (Å²) in [5, 5.41) is 3.03. The van der Waals surface area contributed by atoms with E-state index in [-0.39, 0.29) is 0 Å². The van der Waals surface area contributed by atoms with Crippen LogP contribution in [-0.2, 0) is 0 Å². The predicted molar refractivity (Wildman–Crippen MR) is 43.0 cm³/mol. The Kier molecular flexibility index (Phi) is 5.91. The average molecular weight is 144 g/mol. The molecule has 0 heterocycles. The second-order valence-electron chi connectivity index (χ2n) is 1.92. The first-order valence-electron chi connectivity index (χ1n) is 3.33. The molecule has 0 atom stereocenters. The first-order chi connectivity index (χ1) is 4.85. The van der Waals surface area contributed by atoms with Crippen LogP contribution in [0, 0.1) is 0 Å². The standard InChI is InChI=1S/C6H16N4/c1-8-4-3-6(5-7)10-9-2/h5,8-10H,3-4,7H2,1-2H3/b6-5-. The molecular formula is C6H16N4. The molecule has 0 aliphatic rings. The molecule has 0 radical (unpaired) electrons. The van der Waals surface area contributed by atoms with Gasteiger partial charge in [0.1, 0.15) is 0 Å². The first kappa shape index (κ1) is 9.26. The van der Waals surface area contributed by atoms with Gasteiger partial charge in [-0.05, 0) is 7.05 Å².